The highest BCUT2D eigenvalue weighted by atomic mass is 35.5. The first-order valence-electron chi connectivity index (χ1n) is 8.67. The van der Waals surface area contributed by atoms with Crippen molar-refractivity contribution in [2.24, 2.45) is 5.92 Å². The van der Waals surface area contributed by atoms with Crippen molar-refractivity contribution in [3.63, 3.8) is 0 Å². The first-order valence-corrected chi connectivity index (χ1v) is 9.05. The van der Waals surface area contributed by atoms with Crippen LogP contribution in [0.15, 0.2) is 48.5 Å². The highest BCUT2D eigenvalue weighted by Gasteiger charge is 2.11. The van der Waals surface area contributed by atoms with Gasteiger partial charge in [-0.15, -0.1) is 12.4 Å². The van der Waals surface area contributed by atoms with Gasteiger partial charge in [0, 0.05) is 18.1 Å². The van der Waals surface area contributed by atoms with Crippen molar-refractivity contribution in [1.82, 2.24) is 9.13 Å². The summed E-state index contributed by atoms with van der Waals surface area (Å²) in [6, 6.07) is 15.6. The lowest BCUT2D eigenvalue weighted by Crippen LogP contribution is -2.26. The molecular formula is C20H25Cl2N3O. The van der Waals surface area contributed by atoms with Crippen molar-refractivity contribution >= 4 is 35.0 Å². The van der Waals surface area contributed by atoms with Crippen LogP contribution in [0.4, 0.5) is 0 Å². The van der Waals surface area contributed by atoms with Gasteiger partial charge in [0.2, 0.25) is 5.62 Å². The van der Waals surface area contributed by atoms with E-state index in [-0.39, 0.29) is 12.4 Å². The highest BCUT2D eigenvalue weighted by molar-refractivity contribution is 6.30. The Balaban J connectivity index is 0.00000243. The second-order valence-corrected chi connectivity index (χ2v) is 7.06. The summed E-state index contributed by atoms with van der Waals surface area (Å²) in [5.74, 6) is 1.32. The van der Waals surface area contributed by atoms with E-state index in [1.54, 1.807) is 0 Å². The fraction of sp³-hybridized carbons (Fsp3) is 0.350. The summed E-state index contributed by atoms with van der Waals surface area (Å²) >= 11 is 5.88. The molecule has 0 aliphatic heterocycles. The molecule has 1 N–H and O–H groups in total. The molecule has 0 aliphatic carbocycles. The third-order valence-electron chi connectivity index (χ3n) is 4.13. The average molecular weight is 394 g/mol. The Morgan fingerprint density at radius 2 is 1.62 bits per heavy atom. The number of ether oxygens (including phenoxy) is 1. The van der Waals surface area contributed by atoms with Crippen molar-refractivity contribution in [3.8, 4) is 5.75 Å². The molecule has 0 radical (unpaired) electrons. The molecule has 0 saturated carbocycles. The van der Waals surface area contributed by atoms with E-state index < -0.39 is 0 Å². The summed E-state index contributed by atoms with van der Waals surface area (Å²) < 4.78 is 9.94. The number of hydrogen-bond acceptors (Lipinski definition) is 2. The molecule has 0 unspecified atom stereocenters. The number of benzene rings is 2. The summed E-state index contributed by atoms with van der Waals surface area (Å²) in [4.78, 5) is 0. The zero-order chi connectivity index (χ0) is 17.8. The van der Waals surface area contributed by atoms with E-state index >= 15 is 0 Å². The normalized spacial score (nSPS) is 10.9. The Morgan fingerprint density at radius 3 is 2.23 bits per heavy atom. The maximum Gasteiger partial charge on any atom is 0.203 e. The molecule has 1 heterocycles. The van der Waals surface area contributed by atoms with Gasteiger partial charge in [-0.3, -0.25) is 5.41 Å². The van der Waals surface area contributed by atoms with Crippen LogP contribution in [-0.2, 0) is 13.1 Å². The SMILES string of the molecule is CC(C)Cn1c(=N)n(CCCOc2ccc(Cl)cc2)c2ccccc21.Cl. The fourth-order valence-electron chi connectivity index (χ4n) is 3.01. The third kappa shape index (κ3) is 4.63. The number of para-hydroxylation sites is 2. The molecule has 0 amide bonds. The minimum absolute atomic E-state index is 0. The molecule has 3 aromatic rings. The zero-order valence-corrected chi connectivity index (χ0v) is 16.7. The van der Waals surface area contributed by atoms with Gasteiger partial charge in [-0.2, -0.15) is 0 Å². The first-order chi connectivity index (χ1) is 12.1. The van der Waals surface area contributed by atoms with E-state index in [1.165, 1.54) is 0 Å². The zero-order valence-electron chi connectivity index (χ0n) is 15.1. The van der Waals surface area contributed by atoms with E-state index in [0.717, 1.165) is 36.3 Å². The Kier molecular flexibility index (Phi) is 7.18. The fourth-order valence-corrected chi connectivity index (χ4v) is 3.14. The van der Waals surface area contributed by atoms with Gasteiger partial charge in [0.1, 0.15) is 5.75 Å². The summed E-state index contributed by atoms with van der Waals surface area (Å²) in [5.41, 5.74) is 2.79. The van der Waals surface area contributed by atoms with Gasteiger partial charge >= 0.3 is 0 Å². The lowest BCUT2D eigenvalue weighted by Gasteiger charge is -2.08. The van der Waals surface area contributed by atoms with E-state index in [2.05, 4.69) is 35.1 Å². The molecule has 0 saturated heterocycles. The van der Waals surface area contributed by atoms with Crippen LogP contribution in [0.1, 0.15) is 20.3 Å². The summed E-state index contributed by atoms with van der Waals surface area (Å²) in [7, 11) is 0. The molecule has 4 nitrogen and oxygen atoms in total. The van der Waals surface area contributed by atoms with E-state index in [1.807, 2.05) is 36.4 Å². The summed E-state index contributed by atoms with van der Waals surface area (Å²) in [5, 5.41) is 9.27. The number of aromatic nitrogens is 2. The number of imidazole rings is 1. The summed E-state index contributed by atoms with van der Waals surface area (Å²) in [6.07, 6.45) is 0.842. The molecule has 0 fully saturated rings. The van der Waals surface area contributed by atoms with Crippen molar-refractivity contribution in [2.75, 3.05) is 6.61 Å². The third-order valence-corrected chi connectivity index (χ3v) is 4.38. The summed E-state index contributed by atoms with van der Waals surface area (Å²) in [6.45, 7) is 6.58. The van der Waals surface area contributed by atoms with Crippen molar-refractivity contribution in [2.45, 2.75) is 33.4 Å². The van der Waals surface area contributed by atoms with Gasteiger partial charge in [-0.1, -0.05) is 37.6 Å². The Labute approximate surface area is 165 Å². The molecule has 0 spiro atoms. The predicted octanol–water partition coefficient (Wildman–Crippen LogP) is 5.12. The molecule has 0 aliphatic rings. The number of nitrogens with one attached hydrogen (secondary N) is 1. The molecule has 1 aromatic heterocycles. The van der Waals surface area contributed by atoms with Gasteiger partial charge in [0.05, 0.1) is 17.6 Å². The quantitative estimate of drug-likeness (QED) is 0.555. The smallest absolute Gasteiger partial charge is 0.203 e. The minimum atomic E-state index is 0. The molecule has 3 rings (SSSR count). The lowest BCUT2D eigenvalue weighted by molar-refractivity contribution is 0.301. The number of halogens is 2. The maximum absolute atomic E-state index is 8.56. The van der Waals surface area contributed by atoms with Crippen LogP contribution in [0, 0.1) is 11.3 Å². The topological polar surface area (TPSA) is 42.9 Å². The molecule has 0 bridgehead atoms. The number of nitrogens with zero attached hydrogens (tertiary/aromatic N) is 2. The number of fused-ring (bicyclic) bond motifs is 1. The van der Waals surface area contributed by atoms with Gasteiger partial charge in [-0.05, 0) is 48.7 Å². The largest absolute Gasteiger partial charge is 0.494 e. The van der Waals surface area contributed by atoms with Crippen LogP contribution >= 0.6 is 24.0 Å². The molecule has 140 valence electrons. The Hall–Kier alpha value is -1.91. The molecule has 26 heavy (non-hydrogen) atoms. The van der Waals surface area contributed by atoms with Crippen molar-refractivity contribution in [1.29, 1.82) is 5.41 Å². The maximum atomic E-state index is 8.56. The van der Waals surface area contributed by atoms with Crippen LogP contribution in [-0.4, -0.2) is 15.7 Å². The number of aryl methyl sites for hydroxylation is 1. The number of rotatable bonds is 7. The van der Waals surface area contributed by atoms with E-state index in [4.69, 9.17) is 21.7 Å². The average Bonchev–Trinajstić information content (AvgIpc) is 2.85. The van der Waals surface area contributed by atoms with Gasteiger partial charge < -0.3 is 13.9 Å². The van der Waals surface area contributed by atoms with Crippen LogP contribution in [0.3, 0.4) is 0 Å². The van der Waals surface area contributed by atoms with Gasteiger partial charge in [0.15, 0.2) is 0 Å². The second-order valence-electron chi connectivity index (χ2n) is 6.62. The molecule has 0 atom stereocenters. The van der Waals surface area contributed by atoms with Crippen LogP contribution in [0.5, 0.6) is 5.75 Å². The molecule has 2 aromatic carbocycles. The highest BCUT2D eigenvalue weighted by Crippen LogP contribution is 2.17. The standard InChI is InChI=1S/C20H24ClN3O.ClH/c1-15(2)14-24-19-7-4-3-6-18(19)23(20(24)22)12-5-13-25-17-10-8-16(21)9-11-17;/h3-4,6-11,15,22H,5,12-14H2,1-2H3;1H. The van der Waals surface area contributed by atoms with Crippen LogP contribution in [0.25, 0.3) is 11.0 Å². The lowest BCUT2D eigenvalue weighted by atomic mass is 10.2. The van der Waals surface area contributed by atoms with Crippen LogP contribution < -0.4 is 10.4 Å². The Bertz CT molecular complexity index is 898. The number of hydrogen-bond donors (Lipinski definition) is 1. The monoisotopic (exact) mass is 393 g/mol. The second kappa shape index (κ2) is 9.15. The van der Waals surface area contributed by atoms with E-state index in [0.29, 0.717) is 23.2 Å². The van der Waals surface area contributed by atoms with Crippen LogP contribution in [0.2, 0.25) is 5.02 Å². The van der Waals surface area contributed by atoms with Crippen molar-refractivity contribution in [3.05, 3.63) is 59.2 Å². The molecular weight excluding hydrogens is 369 g/mol. The van der Waals surface area contributed by atoms with Gasteiger partial charge in [0.25, 0.3) is 0 Å². The molecule has 6 heteroatoms. The predicted molar refractivity (Wildman–Crippen MR) is 109 cm³/mol. The minimum Gasteiger partial charge on any atom is -0.494 e. The van der Waals surface area contributed by atoms with E-state index in [9.17, 15) is 0 Å². The van der Waals surface area contributed by atoms with Crippen molar-refractivity contribution < 1.29 is 4.74 Å². The first kappa shape index (κ1) is 20.4. The Morgan fingerprint density at radius 1 is 1.00 bits per heavy atom. The van der Waals surface area contributed by atoms with Gasteiger partial charge in [-0.25, -0.2) is 0 Å².